The van der Waals surface area contributed by atoms with Gasteiger partial charge in [0.2, 0.25) is 0 Å². The molecule has 0 saturated heterocycles. The van der Waals surface area contributed by atoms with Crippen LogP contribution >= 0.6 is 0 Å². The molecule has 3 aliphatic rings. The van der Waals surface area contributed by atoms with E-state index >= 15 is 0 Å². The Bertz CT molecular complexity index is 700. The Morgan fingerprint density at radius 3 is 2.04 bits per heavy atom. The number of nitro benzene ring substituents is 2. The number of hydrogen-bond donors (Lipinski definition) is 0. The van der Waals surface area contributed by atoms with Crippen LogP contribution in [0.1, 0.15) is 29.6 Å². The number of hydrogen-bond acceptors (Lipinski definition) is 6. The third-order valence-electron chi connectivity index (χ3n) is 5.47. The summed E-state index contributed by atoms with van der Waals surface area (Å²) in [7, 11) is 0. The molecule has 0 amide bonds. The summed E-state index contributed by atoms with van der Waals surface area (Å²) in [6, 6.07) is 2.91. The van der Waals surface area contributed by atoms with Crippen molar-refractivity contribution in [2.45, 2.75) is 25.4 Å². The van der Waals surface area contributed by atoms with E-state index in [0.29, 0.717) is 23.7 Å². The molecule has 0 unspecified atom stereocenters. The third kappa shape index (κ3) is 2.16. The molecule has 0 radical (unpaired) electrons. The van der Waals surface area contributed by atoms with Gasteiger partial charge in [0, 0.05) is 12.1 Å². The number of esters is 1. The number of carbonyl (C=O) groups is 1. The predicted molar refractivity (Wildman–Crippen MR) is 76.8 cm³/mol. The monoisotopic (exact) mass is 318 g/mol. The molecule has 0 N–H and O–H groups in total. The van der Waals surface area contributed by atoms with Gasteiger partial charge in [-0.15, -0.1) is 0 Å². The van der Waals surface area contributed by atoms with Crippen LogP contribution in [-0.2, 0) is 4.74 Å². The molecular formula is C15H14N2O6. The lowest BCUT2D eigenvalue weighted by Crippen LogP contribution is -2.35. The molecule has 3 aliphatic carbocycles. The van der Waals surface area contributed by atoms with E-state index in [1.54, 1.807) is 0 Å². The molecule has 23 heavy (non-hydrogen) atoms. The van der Waals surface area contributed by atoms with E-state index < -0.39 is 27.2 Å². The zero-order chi connectivity index (χ0) is 16.3. The fourth-order valence-corrected chi connectivity index (χ4v) is 4.20. The first-order valence-corrected chi connectivity index (χ1v) is 7.60. The van der Waals surface area contributed by atoms with E-state index in [2.05, 4.69) is 0 Å². The summed E-state index contributed by atoms with van der Waals surface area (Å²) in [5.74, 6) is 1.41. The number of nitro groups is 2. The van der Waals surface area contributed by atoms with Crippen LogP contribution in [0, 0.1) is 43.9 Å². The third-order valence-corrected chi connectivity index (χ3v) is 5.47. The smallest absolute Gasteiger partial charge is 0.338 e. The van der Waals surface area contributed by atoms with Gasteiger partial charge in [0.25, 0.3) is 11.4 Å². The lowest BCUT2D eigenvalue weighted by atomic mass is 9.72. The van der Waals surface area contributed by atoms with Gasteiger partial charge in [-0.1, -0.05) is 0 Å². The van der Waals surface area contributed by atoms with Gasteiger partial charge in [-0.2, -0.15) is 0 Å². The van der Waals surface area contributed by atoms with Crippen LogP contribution in [0.5, 0.6) is 0 Å². The molecule has 120 valence electrons. The topological polar surface area (TPSA) is 113 Å². The van der Waals surface area contributed by atoms with Crippen LogP contribution in [0.2, 0.25) is 0 Å². The van der Waals surface area contributed by atoms with Crippen LogP contribution in [0.25, 0.3) is 0 Å². The number of non-ortho nitro benzene ring substituents is 2. The first-order valence-electron chi connectivity index (χ1n) is 7.60. The quantitative estimate of drug-likeness (QED) is 0.479. The fourth-order valence-electron chi connectivity index (χ4n) is 4.20. The molecule has 1 aromatic rings. The van der Waals surface area contributed by atoms with Crippen molar-refractivity contribution in [3.8, 4) is 0 Å². The van der Waals surface area contributed by atoms with Crippen molar-refractivity contribution in [1.29, 1.82) is 0 Å². The predicted octanol–water partition coefficient (Wildman–Crippen LogP) is 2.70. The molecule has 8 heteroatoms. The Labute approximate surface area is 130 Å². The molecule has 0 aromatic heterocycles. The Morgan fingerprint density at radius 2 is 1.57 bits per heavy atom. The second-order valence-electron chi connectivity index (χ2n) is 6.59. The van der Waals surface area contributed by atoms with E-state index in [9.17, 15) is 25.0 Å². The van der Waals surface area contributed by atoms with Crippen LogP contribution in [-0.4, -0.2) is 21.9 Å². The zero-order valence-corrected chi connectivity index (χ0v) is 12.1. The van der Waals surface area contributed by atoms with E-state index in [-0.39, 0.29) is 11.7 Å². The van der Waals surface area contributed by atoms with Gasteiger partial charge >= 0.3 is 5.97 Å². The Balaban J connectivity index is 1.58. The molecule has 8 nitrogen and oxygen atoms in total. The van der Waals surface area contributed by atoms with Crippen molar-refractivity contribution in [2.75, 3.05) is 0 Å². The fraction of sp³-hybridized carbons (Fsp3) is 0.533. The van der Waals surface area contributed by atoms with Crippen molar-refractivity contribution in [3.05, 3.63) is 44.0 Å². The maximum atomic E-state index is 12.3. The Morgan fingerprint density at radius 1 is 0.957 bits per heavy atom. The number of carbonyl (C=O) groups excluding carboxylic acids is 1. The number of rotatable bonds is 4. The summed E-state index contributed by atoms with van der Waals surface area (Å²) in [4.78, 5) is 32.6. The Hall–Kier alpha value is -2.51. The van der Waals surface area contributed by atoms with Crippen LogP contribution in [0.3, 0.4) is 0 Å². The van der Waals surface area contributed by atoms with Crippen LogP contribution in [0.4, 0.5) is 11.4 Å². The molecule has 0 spiro atoms. The number of fused-ring (bicyclic) bond motifs is 3. The van der Waals surface area contributed by atoms with Gasteiger partial charge in [-0.3, -0.25) is 20.2 Å². The molecule has 4 rings (SSSR count). The van der Waals surface area contributed by atoms with Crippen LogP contribution < -0.4 is 0 Å². The van der Waals surface area contributed by atoms with E-state index in [0.717, 1.165) is 31.0 Å². The second-order valence-corrected chi connectivity index (χ2v) is 6.59. The highest BCUT2D eigenvalue weighted by Crippen LogP contribution is 2.66. The highest BCUT2D eigenvalue weighted by molar-refractivity contribution is 5.91. The first-order chi connectivity index (χ1) is 11.0. The molecule has 0 aliphatic heterocycles. The normalized spacial score (nSPS) is 33.1. The van der Waals surface area contributed by atoms with Gasteiger partial charge < -0.3 is 4.74 Å². The molecule has 0 bridgehead atoms. The van der Waals surface area contributed by atoms with Gasteiger partial charge in [0.05, 0.1) is 21.5 Å². The maximum Gasteiger partial charge on any atom is 0.338 e. The van der Waals surface area contributed by atoms with E-state index in [4.69, 9.17) is 4.74 Å². The van der Waals surface area contributed by atoms with E-state index in [1.807, 2.05) is 0 Å². The summed E-state index contributed by atoms with van der Waals surface area (Å²) in [5, 5.41) is 21.8. The zero-order valence-electron chi connectivity index (χ0n) is 12.1. The molecular weight excluding hydrogens is 304 g/mol. The minimum absolute atomic E-state index is 0.133. The molecule has 0 heterocycles. The van der Waals surface area contributed by atoms with Gasteiger partial charge in [0.15, 0.2) is 0 Å². The molecule has 1 aromatic carbocycles. The summed E-state index contributed by atoms with van der Waals surface area (Å²) in [5.41, 5.74) is -1.10. The molecule has 3 saturated carbocycles. The van der Waals surface area contributed by atoms with Gasteiger partial charge in [-0.05, 0) is 42.9 Å². The Kier molecular flexibility index (Phi) is 2.91. The van der Waals surface area contributed by atoms with Crippen LogP contribution in [0.15, 0.2) is 18.2 Å². The summed E-state index contributed by atoms with van der Waals surface area (Å²) >= 11 is 0. The first kappa shape index (κ1) is 14.1. The number of nitrogens with zero attached hydrogens (tertiary/aromatic N) is 2. The van der Waals surface area contributed by atoms with Crippen molar-refractivity contribution >= 4 is 17.3 Å². The highest BCUT2D eigenvalue weighted by atomic mass is 16.6. The largest absolute Gasteiger partial charge is 0.458 e. The summed E-state index contributed by atoms with van der Waals surface area (Å²) in [6.07, 6.45) is 3.17. The number of benzene rings is 1. The van der Waals surface area contributed by atoms with Crippen molar-refractivity contribution in [2.24, 2.45) is 23.7 Å². The maximum absolute atomic E-state index is 12.3. The van der Waals surface area contributed by atoms with Gasteiger partial charge in [0.1, 0.15) is 6.10 Å². The number of ether oxygens (including phenoxy) is 1. The summed E-state index contributed by atoms with van der Waals surface area (Å²) < 4.78 is 5.57. The standard InChI is InChI=1S/C15H14N2O6/c18-15(23-14-11-2-1-10(11)12-6-13(12)14)7-3-8(16(19)20)5-9(4-7)17(21)22/h3-5,10-14H,1-2,6H2/t10-,11+,12-,13+,14+/m0/s1. The van der Waals surface area contributed by atoms with Crippen molar-refractivity contribution in [3.63, 3.8) is 0 Å². The average Bonchev–Trinajstić information content (AvgIpc) is 3.20. The molecule has 5 atom stereocenters. The van der Waals surface area contributed by atoms with Crippen molar-refractivity contribution in [1.82, 2.24) is 0 Å². The minimum Gasteiger partial charge on any atom is -0.458 e. The van der Waals surface area contributed by atoms with Crippen molar-refractivity contribution < 1.29 is 19.4 Å². The minimum atomic E-state index is -0.752. The molecule has 3 fully saturated rings. The lowest BCUT2D eigenvalue weighted by molar-refractivity contribution is -0.394. The average molecular weight is 318 g/mol. The van der Waals surface area contributed by atoms with Gasteiger partial charge in [-0.25, -0.2) is 4.79 Å². The van der Waals surface area contributed by atoms with E-state index in [1.165, 1.54) is 6.42 Å². The summed E-state index contributed by atoms with van der Waals surface area (Å²) in [6.45, 7) is 0. The second kappa shape index (κ2) is 4.74. The highest BCUT2D eigenvalue weighted by Gasteiger charge is 2.64. The lowest BCUT2D eigenvalue weighted by Gasteiger charge is -2.36. The SMILES string of the molecule is O=C(O[C@@H]1[C@@H]2CC[C@@H]2[C@@H]2C[C@H]21)c1cc([N+](=O)[O-])cc([N+](=O)[O-])c1.